The van der Waals surface area contributed by atoms with Crippen molar-refractivity contribution in [2.45, 2.75) is 38.3 Å². The molecule has 0 aliphatic rings. The summed E-state index contributed by atoms with van der Waals surface area (Å²) in [5, 5.41) is 9.71. The van der Waals surface area contributed by atoms with Crippen molar-refractivity contribution >= 4 is 23.7 Å². The van der Waals surface area contributed by atoms with Crippen LogP contribution < -0.4 is 10.6 Å². The Labute approximate surface area is 134 Å². The smallest absolute Gasteiger partial charge is 0.321 e. The maximum absolute atomic E-state index is 11.9. The number of hydrogen-bond donors (Lipinski definition) is 2. The number of hydrogen-bond acceptors (Lipinski definition) is 4. The zero-order chi connectivity index (χ0) is 16.1. The molecule has 0 unspecified atom stereocenters. The molecular formula is C15H21N5OS. The molecule has 1 heterocycles. The van der Waals surface area contributed by atoms with Crippen LogP contribution in [0.25, 0.3) is 0 Å². The van der Waals surface area contributed by atoms with Crippen LogP contribution in [0.15, 0.2) is 29.2 Å². The van der Waals surface area contributed by atoms with Gasteiger partial charge in [0.2, 0.25) is 5.95 Å². The SMILES string of the molecule is CSc1ccc(CNC(=O)Nc2nc(C)n(C(C)C)n2)cc1. The summed E-state index contributed by atoms with van der Waals surface area (Å²) in [5.74, 6) is 1.10. The number of aromatic nitrogens is 3. The summed E-state index contributed by atoms with van der Waals surface area (Å²) in [5.41, 5.74) is 1.05. The van der Waals surface area contributed by atoms with Gasteiger partial charge in [0, 0.05) is 17.5 Å². The summed E-state index contributed by atoms with van der Waals surface area (Å²) >= 11 is 1.69. The van der Waals surface area contributed by atoms with Crippen molar-refractivity contribution < 1.29 is 4.79 Å². The van der Waals surface area contributed by atoms with Gasteiger partial charge in [0.05, 0.1) is 0 Å². The number of benzene rings is 1. The third-order valence-electron chi connectivity index (χ3n) is 3.13. The highest BCUT2D eigenvalue weighted by molar-refractivity contribution is 7.98. The first-order valence-corrected chi connectivity index (χ1v) is 8.33. The van der Waals surface area contributed by atoms with Gasteiger partial charge in [-0.3, -0.25) is 5.32 Å². The molecule has 2 aromatic rings. The van der Waals surface area contributed by atoms with E-state index in [-0.39, 0.29) is 12.1 Å². The number of thioether (sulfide) groups is 1. The second-order valence-electron chi connectivity index (χ2n) is 5.18. The van der Waals surface area contributed by atoms with Crippen LogP contribution in [-0.4, -0.2) is 27.1 Å². The molecule has 0 saturated carbocycles. The Morgan fingerprint density at radius 2 is 2.00 bits per heavy atom. The number of nitrogens with one attached hydrogen (secondary N) is 2. The molecule has 118 valence electrons. The van der Waals surface area contributed by atoms with E-state index in [4.69, 9.17) is 0 Å². The summed E-state index contributed by atoms with van der Waals surface area (Å²) in [6.45, 7) is 6.36. The molecule has 7 heteroatoms. The summed E-state index contributed by atoms with van der Waals surface area (Å²) < 4.78 is 1.77. The van der Waals surface area contributed by atoms with Crippen molar-refractivity contribution in [1.29, 1.82) is 0 Å². The van der Waals surface area contributed by atoms with Gasteiger partial charge in [-0.05, 0) is 44.7 Å². The lowest BCUT2D eigenvalue weighted by molar-refractivity contribution is 0.251. The number of urea groups is 1. The van der Waals surface area contributed by atoms with E-state index in [2.05, 4.69) is 20.7 Å². The highest BCUT2D eigenvalue weighted by Gasteiger charge is 2.11. The number of carbonyl (C=O) groups is 1. The number of nitrogens with zero attached hydrogens (tertiary/aromatic N) is 3. The summed E-state index contributed by atoms with van der Waals surface area (Å²) in [7, 11) is 0. The molecule has 6 nitrogen and oxygen atoms in total. The van der Waals surface area contributed by atoms with Crippen LogP contribution in [0.2, 0.25) is 0 Å². The predicted octanol–water partition coefficient (Wildman–Crippen LogP) is 3.21. The molecule has 0 aliphatic carbocycles. The third kappa shape index (κ3) is 4.24. The van der Waals surface area contributed by atoms with Crippen molar-refractivity contribution in [1.82, 2.24) is 20.1 Å². The fourth-order valence-corrected chi connectivity index (χ4v) is 2.42. The van der Waals surface area contributed by atoms with Crippen molar-refractivity contribution in [3.63, 3.8) is 0 Å². The van der Waals surface area contributed by atoms with Crippen LogP contribution in [-0.2, 0) is 6.54 Å². The summed E-state index contributed by atoms with van der Waals surface area (Å²) in [6, 6.07) is 7.98. The zero-order valence-corrected chi connectivity index (χ0v) is 14.1. The van der Waals surface area contributed by atoms with Gasteiger partial charge >= 0.3 is 6.03 Å². The third-order valence-corrected chi connectivity index (χ3v) is 3.87. The molecule has 0 fully saturated rings. The summed E-state index contributed by atoms with van der Waals surface area (Å²) in [4.78, 5) is 17.3. The molecule has 22 heavy (non-hydrogen) atoms. The molecule has 0 bridgehead atoms. The van der Waals surface area contributed by atoms with Crippen LogP contribution in [0, 0.1) is 6.92 Å². The van der Waals surface area contributed by atoms with Crippen molar-refractivity contribution in [2.24, 2.45) is 0 Å². The highest BCUT2D eigenvalue weighted by Crippen LogP contribution is 2.14. The Bertz CT molecular complexity index is 636. The van der Waals surface area contributed by atoms with Crippen molar-refractivity contribution in [3.05, 3.63) is 35.7 Å². The van der Waals surface area contributed by atoms with Crippen LogP contribution in [0.5, 0.6) is 0 Å². The van der Waals surface area contributed by atoms with Crippen LogP contribution in [0.4, 0.5) is 10.7 Å². The first kappa shape index (κ1) is 16.4. The molecule has 0 aliphatic heterocycles. The lowest BCUT2D eigenvalue weighted by atomic mass is 10.2. The van der Waals surface area contributed by atoms with E-state index in [9.17, 15) is 4.79 Å². The maximum atomic E-state index is 11.9. The standard InChI is InChI=1S/C15H21N5OS/c1-10(2)20-11(3)17-14(19-20)18-15(21)16-9-12-5-7-13(22-4)8-6-12/h5-8,10H,9H2,1-4H3,(H2,16,18,19,21). The lowest BCUT2D eigenvalue weighted by Gasteiger charge is -2.06. The molecule has 0 spiro atoms. The number of carbonyl (C=O) groups excluding carboxylic acids is 1. The normalized spacial score (nSPS) is 10.8. The monoisotopic (exact) mass is 319 g/mol. The van der Waals surface area contributed by atoms with E-state index in [1.54, 1.807) is 16.4 Å². The van der Waals surface area contributed by atoms with Gasteiger partial charge < -0.3 is 5.32 Å². The average molecular weight is 319 g/mol. The quantitative estimate of drug-likeness (QED) is 0.830. The van der Waals surface area contributed by atoms with Crippen molar-refractivity contribution in [3.8, 4) is 0 Å². The second-order valence-corrected chi connectivity index (χ2v) is 6.06. The van der Waals surface area contributed by atoms with E-state index in [0.717, 1.165) is 11.4 Å². The van der Waals surface area contributed by atoms with Gasteiger partial charge in [-0.25, -0.2) is 9.48 Å². The molecule has 2 amide bonds. The minimum atomic E-state index is -0.310. The maximum Gasteiger partial charge on any atom is 0.321 e. The fourth-order valence-electron chi connectivity index (χ4n) is 2.01. The number of anilines is 1. The van der Waals surface area contributed by atoms with E-state index >= 15 is 0 Å². The van der Waals surface area contributed by atoms with Crippen LogP contribution >= 0.6 is 11.8 Å². The number of rotatable bonds is 5. The minimum Gasteiger partial charge on any atom is -0.334 e. The molecule has 0 radical (unpaired) electrons. The second kappa shape index (κ2) is 7.31. The summed E-state index contributed by atoms with van der Waals surface area (Å²) in [6.07, 6.45) is 2.03. The van der Waals surface area contributed by atoms with Gasteiger partial charge in [0.1, 0.15) is 5.82 Å². The molecule has 0 saturated heterocycles. The molecule has 2 rings (SSSR count). The van der Waals surface area contributed by atoms with Gasteiger partial charge in [-0.1, -0.05) is 12.1 Å². The first-order valence-electron chi connectivity index (χ1n) is 7.10. The average Bonchev–Trinajstić information content (AvgIpc) is 2.86. The molecular weight excluding hydrogens is 298 g/mol. The van der Waals surface area contributed by atoms with Gasteiger partial charge in [0.15, 0.2) is 0 Å². The van der Waals surface area contributed by atoms with E-state index in [0.29, 0.717) is 12.5 Å². The Hall–Kier alpha value is -2.02. The highest BCUT2D eigenvalue weighted by atomic mass is 32.2. The molecule has 1 aromatic heterocycles. The lowest BCUT2D eigenvalue weighted by Crippen LogP contribution is -2.28. The predicted molar refractivity (Wildman–Crippen MR) is 89.2 cm³/mol. The van der Waals surface area contributed by atoms with Gasteiger partial charge in [0.25, 0.3) is 0 Å². The fraction of sp³-hybridized carbons (Fsp3) is 0.400. The van der Waals surface area contributed by atoms with Gasteiger partial charge in [-0.15, -0.1) is 16.9 Å². The Morgan fingerprint density at radius 3 is 2.55 bits per heavy atom. The van der Waals surface area contributed by atoms with Crippen molar-refractivity contribution in [2.75, 3.05) is 11.6 Å². The van der Waals surface area contributed by atoms with E-state index < -0.39 is 0 Å². The first-order chi connectivity index (χ1) is 10.5. The molecule has 2 N–H and O–H groups in total. The van der Waals surface area contributed by atoms with E-state index in [1.165, 1.54) is 4.90 Å². The Balaban J connectivity index is 1.88. The number of amides is 2. The van der Waals surface area contributed by atoms with E-state index in [1.807, 2.05) is 51.3 Å². The molecule has 1 aromatic carbocycles. The minimum absolute atomic E-state index is 0.209. The van der Waals surface area contributed by atoms with Crippen LogP contribution in [0.1, 0.15) is 31.3 Å². The Morgan fingerprint density at radius 1 is 1.32 bits per heavy atom. The Kier molecular flexibility index (Phi) is 5.43. The number of aryl methyl sites for hydroxylation is 1. The zero-order valence-electron chi connectivity index (χ0n) is 13.3. The largest absolute Gasteiger partial charge is 0.334 e. The topological polar surface area (TPSA) is 71.8 Å². The molecule has 0 atom stereocenters. The van der Waals surface area contributed by atoms with Crippen LogP contribution in [0.3, 0.4) is 0 Å². The van der Waals surface area contributed by atoms with Gasteiger partial charge in [-0.2, -0.15) is 4.98 Å².